The van der Waals surface area contributed by atoms with Gasteiger partial charge in [0.05, 0.1) is 12.8 Å². The fourth-order valence-corrected chi connectivity index (χ4v) is 10.9. The van der Waals surface area contributed by atoms with Crippen molar-refractivity contribution in [3.63, 3.8) is 0 Å². The molecule has 6 aromatic rings. The lowest BCUT2D eigenvalue weighted by atomic mass is 9.87. The van der Waals surface area contributed by atoms with Gasteiger partial charge in [0.2, 0.25) is 5.95 Å². The van der Waals surface area contributed by atoms with Gasteiger partial charge in [0.25, 0.3) is 0 Å². The zero-order valence-electron chi connectivity index (χ0n) is 42.9. The van der Waals surface area contributed by atoms with E-state index in [1.165, 1.54) is 23.9 Å². The van der Waals surface area contributed by atoms with Crippen LogP contribution in [0.25, 0.3) is 0 Å². The molecule has 4 aliphatic heterocycles. The summed E-state index contributed by atoms with van der Waals surface area (Å²) >= 11 is 0. The molecule has 0 bridgehead atoms. The molecule has 4 saturated heterocycles. The minimum atomic E-state index is -0.261. The predicted molar refractivity (Wildman–Crippen MR) is 288 cm³/mol. The van der Waals surface area contributed by atoms with Crippen molar-refractivity contribution < 1.29 is 23.0 Å². The molecule has 2 atom stereocenters. The number of piperazine rings is 2. The highest BCUT2D eigenvalue weighted by Gasteiger charge is 2.32. The van der Waals surface area contributed by atoms with Gasteiger partial charge in [0.15, 0.2) is 0 Å². The maximum absolute atomic E-state index is 14.2. The minimum Gasteiger partial charge on any atom is -0.495 e. The average molecular weight is 993 g/mol. The van der Waals surface area contributed by atoms with Crippen LogP contribution in [0.15, 0.2) is 146 Å². The van der Waals surface area contributed by atoms with Crippen LogP contribution in [0.1, 0.15) is 54.6 Å². The number of halogens is 2. The van der Waals surface area contributed by atoms with Gasteiger partial charge in [-0.3, -0.25) is 9.80 Å². The van der Waals surface area contributed by atoms with E-state index in [1.807, 2.05) is 54.9 Å². The molecule has 0 aliphatic carbocycles. The van der Waals surface area contributed by atoms with Crippen LogP contribution in [0.3, 0.4) is 0 Å². The smallest absolute Gasteiger partial charge is 0.225 e. The van der Waals surface area contributed by atoms with Gasteiger partial charge >= 0.3 is 0 Å². The Morgan fingerprint density at radius 3 is 1.48 bits per heavy atom. The molecule has 5 aromatic carbocycles. The summed E-state index contributed by atoms with van der Waals surface area (Å²) in [5, 5.41) is 0. The number of nitrogens with zero attached hydrogens (tertiary/aromatic N) is 8. The first-order valence-corrected chi connectivity index (χ1v) is 26.6. The molecule has 0 N–H and O–H groups in total. The number of para-hydroxylation sites is 2. The summed E-state index contributed by atoms with van der Waals surface area (Å²) in [7, 11) is 1.74. The Balaban J connectivity index is 0.000000180. The summed E-state index contributed by atoms with van der Waals surface area (Å²) in [5.41, 5.74) is 4.16. The van der Waals surface area contributed by atoms with E-state index in [4.69, 9.17) is 14.2 Å². The standard InChI is InChI=1S/C31H38FN3O2.C29H36FN5O/c1-36-30-13-6-5-12-29(30)35-22-20-34(21-23-35)19-18-33-16-14-26(15-17-33)31(25-8-3-2-4-9-25)37-28-11-7-10-27(32)24-28;1-23-8-9-26(22-27(23)30)36-28(24-6-3-2-4-7-24)25-10-14-33(15-11-25)16-17-34-18-20-35(21-19-34)29-31-12-5-13-32-29/h2-13,24,26,31H,14-23H2,1H3;2-9,12-13,22,25,28H,10-11,14-21H2,1H3. The average Bonchev–Trinajstić information content (AvgIpc) is 3.45. The van der Waals surface area contributed by atoms with Gasteiger partial charge in [-0.25, -0.2) is 18.7 Å². The molecular weight excluding hydrogens is 919 g/mol. The van der Waals surface area contributed by atoms with E-state index in [9.17, 15) is 8.78 Å². The summed E-state index contributed by atoms with van der Waals surface area (Å²) in [6.07, 6.45) is 7.81. The molecule has 0 saturated carbocycles. The fourth-order valence-electron chi connectivity index (χ4n) is 10.9. The van der Waals surface area contributed by atoms with E-state index in [-0.39, 0.29) is 23.8 Å². The highest BCUT2D eigenvalue weighted by Crippen LogP contribution is 2.37. The van der Waals surface area contributed by atoms with Crippen molar-refractivity contribution in [2.75, 3.05) is 122 Å². The zero-order chi connectivity index (χ0) is 50.2. The maximum Gasteiger partial charge on any atom is 0.225 e. The van der Waals surface area contributed by atoms with E-state index in [2.05, 4.69) is 100 Å². The Morgan fingerprint density at radius 1 is 0.493 bits per heavy atom. The van der Waals surface area contributed by atoms with Crippen LogP contribution < -0.4 is 24.0 Å². The van der Waals surface area contributed by atoms with Crippen molar-refractivity contribution in [3.8, 4) is 17.2 Å². The lowest BCUT2D eigenvalue weighted by Gasteiger charge is -2.39. The Morgan fingerprint density at radius 2 is 0.973 bits per heavy atom. The quantitative estimate of drug-likeness (QED) is 0.0878. The third-order valence-electron chi connectivity index (χ3n) is 15.3. The SMILES string of the molecule is COc1ccccc1N1CCN(CCN2CCC(C(Oc3cccc(F)c3)c3ccccc3)CC2)CC1.Cc1ccc(OC(c2ccccc2)C2CCN(CCN3CCN(c4ncccn4)CC3)CC2)cc1F. The molecule has 0 amide bonds. The van der Waals surface area contributed by atoms with Gasteiger partial charge in [-0.1, -0.05) is 84.9 Å². The van der Waals surface area contributed by atoms with Crippen molar-refractivity contribution in [3.05, 3.63) is 174 Å². The number of rotatable bonds is 17. The van der Waals surface area contributed by atoms with Gasteiger partial charge < -0.3 is 33.8 Å². The molecule has 0 spiro atoms. The molecule has 386 valence electrons. The third-order valence-corrected chi connectivity index (χ3v) is 15.3. The van der Waals surface area contributed by atoms with Crippen LogP contribution >= 0.6 is 0 Å². The van der Waals surface area contributed by atoms with Crippen LogP contribution in [0.5, 0.6) is 17.2 Å². The Kier molecular flexibility index (Phi) is 18.6. The van der Waals surface area contributed by atoms with E-state index in [1.54, 1.807) is 26.2 Å². The molecule has 5 heterocycles. The summed E-state index contributed by atoms with van der Waals surface area (Å²) in [4.78, 5) is 23.8. The number of likely N-dealkylation sites (tertiary alicyclic amines) is 2. The normalized spacial score (nSPS) is 18.6. The number of benzene rings is 5. The third kappa shape index (κ3) is 14.6. The first kappa shape index (κ1) is 51.8. The van der Waals surface area contributed by atoms with Crippen molar-refractivity contribution in [1.29, 1.82) is 0 Å². The van der Waals surface area contributed by atoms with Gasteiger partial charge in [-0.05, 0) is 112 Å². The second-order valence-electron chi connectivity index (χ2n) is 20.0. The number of aryl methyl sites for hydroxylation is 1. The molecular formula is C60H74F2N8O3. The minimum absolute atomic E-state index is 0.0618. The van der Waals surface area contributed by atoms with Crippen LogP contribution in [-0.4, -0.2) is 141 Å². The Hall–Kier alpha value is -6.12. The van der Waals surface area contributed by atoms with E-state index in [0.717, 1.165) is 153 Å². The molecule has 4 fully saturated rings. The van der Waals surface area contributed by atoms with Gasteiger partial charge in [-0.2, -0.15) is 0 Å². The number of hydrogen-bond donors (Lipinski definition) is 0. The van der Waals surface area contributed by atoms with E-state index >= 15 is 0 Å². The number of ether oxygens (including phenoxy) is 3. The zero-order valence-corrected chi connectivity index (χ0v) is 42.9. The number of aromatic nitrogens is 2. The first-order valence-electron chi connectivity index (χ1n) is 26.6. The molecule has 13 heteroatoms. The second kappa shape index (κ2) is 26.2. The molecule has 0 radical (unpaired) electrons. The van der Waals surface area contributed by atoms with Crippen molar-refractivity contribution in [2.45, 2.75) is 44.8 Å². The Labute approximate surface area is 432 Å². The molecule has 1 aromatic heterocycles. The summed E-state index contributed by atoms with van der Waals surface area (Å²) in [6.45, 7) is 18.7. The van der Waals surface area contributed by atoms with Crippen LogP contribution in [-0.2, 0) is 0 Å². The van der Waals surface area contributed by atoms with Gasteiger partial charge in [-0.15, -0.1) is 0 Å². The van der Waals surface area contributed by atoms with Crippen LogP contribution in [0.2, 0.25) is 0 Å². The molecule has 10 rings (SSSR count). The van der Waals surface area contributed by atoms with E-state index < -0.39 is 0 Å². The molecule has 11 nitrogen and oxygen atoms in total. The predicted octanol–water partition coefficient (Wildman–Crippen LogP) is 10.1. The molecule has 2 unspecified atom stereocenters. The lowest BCUT2D eigenvalue weighted by Crippen LogP contribution is -2.49. The van der Waals surface area contributed by atoms with Crippen LogP contribution in [0, 0.1) is 30.4 Å². The first-order chi connectivity index (χ1) is 35.8. The van der Waals surface area contributed by atoms with Crippen molar-refractivity contribution in [1.82, 2.24) is 29.6 Å². The fraction of sp³-hybridized carbons (Fsp3) is 0.433. The number of piperidine rings is 2. The summed E-state index contributed by atoms with van der Waals surface area (Å²) in [5.74, 6) is 3.33. The van der Waals surface area contributed by atoms with Crippen LogP contribution in [0.4, 0.5) is 20.4 Å². The van der Waals surface area contributed by atoms with Gasteiger partial charge in [0, 0.05) is 115 Å². The lowest BCUT2D eigenvalue weighted by molar-refractivity contribution is 0.0715. The van der Waals surface area contributed by atoms with Crippen molar-refractivity contribution in [2.24, 2.45) is 11.8 Å². The number of anilines is 2. The second-order valence-corrected chi connectivity index (χ2v) is 20.0. The Bertz CT molecular complexity index is 2550. The highest BCUT2D eigenvalue weighted by molar-refractivity contribution is 5.58. The molecule has 4 aliphatic rings. The highest BCUT2D eigenvalue weighted by atomic mass is 19.1. The largest absolute Gasteiger partial charge is 0.495 e. The monoisotopic (exact) mass is 993 g/mol. The summed E-state index contributed by atoms with van der Waals surface area (Å²) in [6, 6.07) is 42.6. The maximum atomic E-state index is 14.2. The number of hydrogen-bond acceptors (Lipinski definition) is 11. The molecule has 73 heavy (non-hydrogen) atoms. The van der Waals surface area contributed by atoms with Crippen molar-refractivity contribution >= 4 is 11.6 Å². The van der Waals surface area contributed by atoms with Gasteiger partial charge in [0.1, 0.15) is 41.1 Å². The topological polar surface area (TPSA) is 72.9 Å². The number of methoxy groups -OCH3 is 1. The van der Waals surface area contributed by atoms with E-state index in [0.29, 0.717) is 28.9 Å². The summed E-state index contributed by atoms with van der Waals surface area (Å²) < 4.78 is 46.3.